The Labute approximate surface area is 104 Å². The lowest BCUT2D eigenvalue weighted by molar-refractivity contribution is 0.177. The molecule has 1 atom stereocenters. The quantitative estimate of drug-likeness (QED) is 0.803. The van der Waals surface area contributed by atoms with E-state index >= 15 is 0 Å². The van der Waals surface area contributed by atoms with Gasteiger partial charge in [0.15, 0.2) is 0 Å². The Morgan fingerprint density at radius 1 is 1.47 bits per heavy atom. The molecule has 94 valence electrons. The topological polar surface area (TPSA) is 29.0 Å². The molecule has 1 aliphatic heterocycles. The van der Waals surface area contributed by atoms with Crippen LogP contribution in [0.4, 0.5) is 5.82 Å². The maximum Gasteiger partial charge on any atom is 0.131 e. The summed E-state index contributed by atoms with van der Waals surface area (Å²) in [5, 5.41) is 0. The average molecular weight is 233 g/mol. The Morgan fingerprint density at radius 3 is 2.94 bits per heavy atom. The van der Waals surface area contributed by atoms with Gasteiger partial charge in [-0.05, 0) is 30.2 Å². The highest BCUT2D eigenvalue weighted by Gasteiger charge is 2.32. The van der Waals surface area contributed by atoms with Crippen LogP contribution in [0.3, 0.4) is 0 Å². The van der Waals surface area contributed by atoms with Gasteiger partial charge >= 0.3 is 0 Å². The summed E-state index contributed by atoms with van der Waals surface area (Å²) >= 11 is 0. The second-order valence-corrected chi connectivity index (χ2v) is 5.69. The first kappa shape index (κ1) is 12.3. The summed E-state index contributed by atoms with van der Waals surface area (Å²) in [6.45, 7) is 9.34. The molecule has 2 rings (SSSR count). The third kappa shape index (κ3) is 2.76. The Kier molecular flexibility index (Phi) is 3.65. The van der Waals surface area contributed by atoms with Crippen molar-refractivity contribution >= 4 is 5.82 Å². The van der Waals surface area contributed by atoms with Gasteiger partial charge in [0.25, 0.3) is 0 Å². The molecular weight excluding hydrogens is 210 g/mol. The molecule has 3 nitrogen and oxygen atoms in total. The molecule has 0 N–H and O–H groups in total. The van der Waals surface area contributed by atoms with Gasteiger partial charge in [0.1, 0.15) is 12.1 Å². The molecule has 3 heteroatoms. The second-order valence-electron chi connectivity index (χ2n) is 5.69. The first-order valence-corrected chi connectivity index (χ1v) is 6.64. The van der Waals surface area contributed by atoms with Crippen LogP contribution in [-0.2, 0) is 0 Å². The number of hydrogen-bond acceptors (Lipinski definition) is 3. The predicted molar refractivity (Wildman–Crippen MR) is 71.0 cm³/mol. The van der Waals surface area contributed by atoms with Crippen LogP contribution in [0.25, 0.3) is 0 Å². The molecular formula is C14H23N3. The predicted octanol–water partition coefficient (Wildman–Crippen LogP) is 3.13. The molecule has 1 aliphatic rings. The van der Waals surface area contributed by atoms with Gasteiger partial charge in [-0.15, -0.1) is 0 Å². The van der Waals surface area contributed by atoms with E-state index < -0.39 is 0 Å². The van der Waals surface area contributed by atoms with E-state index in [2.05, 4.69) is 35.6 Å². The third-order valence-corrected chi connectivity index (χ3v) is 4.33. The van der Waals surface area contributed by atoms with Crippen molar-refractivity contribution in [2.24, 2.45) is 11.3 Å². The first-order chi connectivity index (χ1) is 8.13. The van der Waals surface area contributed by atoms with Gasteiger partial charge in [-0.3, -0.25) is 0 Å². The fourth-order valence-corrected chi connectivity index (χ4v) is 2.58. The largest absolute Gasteiger partial charge is 0.356 e. The minimum atomic E-state index is 0.436. The highest BCUT2D eigenvalue weighted by Crippen LogP contribution is 2.37. The molecule has 0 aliphatic carbocycles. The summed E-state index contributed by atoms with van der Waals surface area (Å²) < 4.78 is 0. The molecule has 1 unspecified atom stereocenters. The first-order valence-electron chi connectivity index (χ1n) is 6.64. The molecule has 0 spiro atoms. The zero-order valence-electron chi connectivity index (χ0n) is 11.2. The van der Waals surface area contributed by atoms with Crippen molar-refractivity contribution in [3.8, 4) is 0 Å². The van der Waals surface area contributed by atoms with Crippen LogP contribution < -0.4 is 4.90 Å². The third-order valence-electron chi connectivity index (χ3n) is 4.33. The lowest BCUT2D eigenvalue weighted by atomic mass is 9.73. The van der Waals surface area contributed by atoms with Crippen LogP contribution in [-0.4, -0.2) is 23.1 Å². The fraction of sp³-hybridized carbons (Fsp3) is 0.714. The minimum Gasteiger partial charge on any atom is -0.356 e. The van der Waals surface area contributed by atoms with Crippen LogP contribution in [0, 0.1) is 11.3 Å². The second kappa shape index (κ2) is 5.03. The highest BCUT2D eigenvalue weighted by atomic mass is 15.2. The van der Waals surface area contributed by atoms with Gasteiger partial charge < -0.3 is 4.90 Å². The maximum atomic E-state index is 4.36. The molecule has 1 saturated heterocycles. The van der Waals surface area contributed by atoms with Crippen molar-refractivity contribution in [3.05, 3.63) is 18.6 Å². The Bertz CT molecular complexity index is 348. The van der Waals surface area contributed by atoms with Crippen molar-refractivity contribution in [3.63, 3.8) is 0 Å². The van der Waals surface area contributed by atoms with Crippen LogP contribution >= 0.6 is 0 Å². The number of rotatable bonds is 3. The van der Waals surface area contributed by atoms with Crippen molar-refractivity contribution in [1.82, 2.24) is 9.97 Å². The molecule has 1 fully saturated rings. The zero-order chi connectivity index (χ0) is 12.3. The number of aromatic nitrogens is 2. The summed E-state index contributed by atoms with van der Waals surface area (Å²) in [6, 6.07) is 2.02. The van der Waals surface area contributed by atoms with E-state index in [9.17, 15) is 0 Å². The van der Waals surface area contributed by atoms with Gasteiger partial charge in [-0.2, -0.15) is 0 Å². The van der Waals surface area contributed by atoms with Crippen molar-refractivity contribution < 1.29 is 0 Å². The van der Waals surface area contributed by atoms with E-state index in [1.165, 1.54) is 19.3 Å². The fourth-order valence-electron chi connectivity index (χ4n) is 2.58. The average Bonchev–Trinajstić information content (AvgIpc) is 2.40. The molecule has 0 amide bonds. The van der Waals surface area contributed by atoms with Gasteiger partial charge in [0, 0.05) is 19.3 Å². The summed E-state index contributed by atoms with van der Waals surface area (Å²) in [4.78, 5) is 10.8. The highest BCUT2D eigenvalue weighted by molar-refractivity contribution is 5.37. The molecule has 0 radical (unpaired) electrons. The summed E-state index contributed by atoms with van der Waals surface area (Å²) in [5.74, 6) is 1.85. The number of nitrogens with zero attached hydrogens (tertiary/aromatic N) is 3. The minimum absolute atomic E-state index is 0.436. The van der Waals surface area contributed by atoms with E-state index in [-0.39, 0.29) is 0 Å². The van der Waals surface area contributed by atoms with E-state index in [1.807, 2.05) is 12.3 Å². The molecule has 17 heavy (non-hydrogen) atoms. The van der Waals surface area contributed by atoms with E-state index in [1.54, 1.807) is 6.33 Å². The van der Waals surface area contributed by atoms with Crippen molar-refractivity contribution in [2.75, 3.05) is 18.0 Å². The monoisotopic (exact) mass is 233 g/mol. The van der Waals surface area contributed by atoms with E-state index in [0.29, 0.717) is 5.41 Å². The van der Waals surface area contributed by atoms with Crippen molar-refractivity contribution in [1.29, 1.82) is 0 Å². The smallest absolute Gasteiger partial charge is 0.131 e. The van der Waals surface area contributed by atoms with Crippen LogP contribution in [0.1, 0.15) is 40.0 Å². The molecule has 0 aromatic carbocycles. The SMILES string of the molecule is CCC(C)(C)C1CCCN(c2ccncn2)C1. The summed E-state index contributed by atoms with van der Waals surface area (Å²) in [5.41, 5.74) is 0.436. The van der Waals surface area contributed by atoms with Crippen LogP contribution in [0.2, 0.25) is 0 Å². The van der Waals surface area contributed by atoms with Gasteiger partial charge in [-0.25, -0.2) is 9.97 Å². The van der Waals surface area contributed by atoms with Gasteiger partial charge in [0.2, 0.25) is 0 Å². The number of anilines is 1. The number of piperidine rings is 1. The Morgan fingerprint density at radius 2 is 2.29 bits per heavy atom. The lowest BCUT2D eigenvalue weighted by Gasteiger charge is -2.41. The normalized spacial score (nSPS) is 21.6. The number of hydrogen-bond donors (Lipinski definition) is 0. The molecule has 0 saturated carbocycles. The van der Waals surface area contributed by atoms with Gasteiger partial charge in [0.05, 0.1) is 0 Å². The van der Waals surface area contributed by atoms with E-state index in [4.69, 9.17) is 0 Å². The standard InChI is InChI=1S/C14H23N3/c1-4-14(2,3)12-6-5-9-17(10-12)13-7-8-15-11-16-13/h7-8,11-12H,4-6,9-10H2,1-3H3. The Hall–Kier alpha value is -1.12. The summed E-state index contributed by atoms with van der Waals surface area (Å²) in [6.07, 6.45) is 7.34. The van der Waals surface area contributed by atoms with Crippen LogP contribution in [0.5, 0.6) is 0 Å². The van der Waals surface area contributed by atoms with Crippen molar-refractivity contribution in [2.45, 2.75) is 40.0 Å². The maximum absolute atomic E-state index is 4.36. The van der Waals surface area contributed by atoms with E-state index in [0.717, 1.165) is 24.8 Å². The van der Waals surface area contributed by atoms with Gasteiger partial charge in [-0.1, -0.05) is 27.2 Å². The lowest BCUT2D eigenvalue weighted by Crippen LogP contribution is -2.41. The molecule has 1 aromatic rings. The van der Waals surface area contributed by atoms with Crippen LogP contribution in [0.15, 0.2) is 18.6 Å². The molecule has 1 aromatic heterocycles. The zero-order valence-corrected chi connectivity index (χ0v) is 11.2. The summed E-state index contributed by atoms with van der Waals surface area (Å²) in [7, 11) is 0. The Balaban J connectivity index is 2.08. The molecule has 0 bridgehead atoms. The molecule has 2 heterocycles.